The van der Waals surface area contributed by atoms with Gasteiger partial charge in [0, 0.05) is 54.6 Å². The van der Waals surface area contributed by atoms with Gasteiger partial charge in [0.05, 0.1) is 11.9 Å². The quantitative estimate of drug-likeness (QED) is 0.750. The molecule has 27 heavy (non-hydrogen) atoms. The number of halogens is 2. The van der Waals surface area contributed by atoms with E-state index in [-0.39, 0.29) is 11.4 Å². The highest BCUT2D eigenvalue weighted by Gasteiger charge is 2.21. The maximum Gasteiger partial charge on any atom is 0.254 e. The van der Waals surface area contributed by atoms with Gasteiger partial charge >= 0.3 is 0 Å². The Morgan fingerprint density at radius 3 is 2.85 bits per heavy atom. The number of H-pyrrole nitrogens is 1. The van der Waals surface area contributed by atoms with Crippen LogP contribution in [0.5, 0.6) is 0 Å². The minimum Gasteiger partial charge on any atom is -0.305 e. The van der Waals surface area contributed by atoms with Gasteiger partial charge in [-0.3, -0.25) is 14.7 Å². The molecule has 0 fully saturated rings. The van der Waals surface area contributed by atoms with Gasteiger partial charge in [0.1, 0.15) is 11.5 Å². The monoisotopic (exact) mass is 385 g/mol. The molecule has 3 heterocycles. The van der Waals surface area contributed by atoms with Crippen molar-refractivity contribution in [1.82, 2.24) is 24.8 Å². The van der Waals surface area contributed by atoms with E-state index in [9.17, 15) is 9.18 Å². The van der Waals surface area contributed by atoms with Gasteiger partial charge in [-0.15, -0.1) is 0 Å². The summed E-state index contributed by atoms with van der Waals surface area (Å²) in [4.78, 5) is 30.2. The van der Waals surface area contributed by atoms with Crippen molar-refractivity contribution in [1.29, 1.82) is 0 Å². The van der Waals surface area contributed by atoms with E-state index in [0.29, 0.717) is 60.1 Å². The Hall–Kier alpha value is -2.64. The van der Waals surface area contributed by atoms with E-state index in [1.54, 1.807) is 30.7 Å². The van der Waals surface area contributed by atoms with Gasteiger partial charge in [0.2, 0.25) is 0 Å². The topological polar surface area (TPSA) is 74.8 Å². The summed E-state index contributed by atoms with van der Waals surface area (Å²) in [6.07, 6.45) is 5.83. The minimum atomic E-state index is -0.315. The lowest BCUT2D eigenvalue weighted by molar-refractivity contribution is 0.275. The van der Waals surface area contributed by atoms with Crippen molar-refractivity contribution in [3.05, 3.63) is 74.8 Å². The van der Waals surface area contributed by atoms with E-state index >= 15 is 0 Å². The Bertz CT molecular complexity index is 1000. The molecule has 138 valence electrons. The second kappa shape index (κ2) is 7.54. The average Bonchev–Trinajstić information content (AvgIpc) is 2.88. The van der Waals surface area contributed by atoms with Crippen molar-refractivity contribution >= 4 is 11.6 Å². The number of rotatable bonds is 3. The third-order valence-corrected chi connectivity index (χ3v) is 5.05. The zero-order valence-corrected chi connectivity index (χ0v) is 15.2. The molecule has 6 nitrogen and oxygen atoms in total. The number of aromatic nitrogens is 4. The van der Waals surface area contributed by atoms with E-state index in [2.05, 4.69) is 24.8 Å². The third-order valence-electron chi connectivity index (χ3n) is 4.69. The van der Waals surface area contributed by atoms with Gasteiger partial charge in [0.25, 0.3) is 5.56 Å². The average molecular weight is 386 g/mol. The van der Waals surface area contributed by atoms with Crippen LogP contribution in [0.15, 0.2) is 41.6 Å². The van der Waals surface area contributed by atoms with Crippen LogP contribution in [0.25, 0.3) is 11.5 Å². The maximum absolute atomic E-state index is 14.1. The number of aromatic amines is 1. The molecule has 0 spiro atoms. The van der Waals surface area contributed by atoms with Crippen LogP contribution in [0.3, 0.4) is 0 Å². The van der Waals surface area contributed by atoms with Gasteiger partial charge in [-0.05, 0) is 18.6 Å². The van der Waals surface area contributed by atoms with E-state index in [0.717, 1.165) is 5.69 Å². The zero-order valence-electron chi connectivity index (χ0n) is 14.5. The van der Waals surface area contributed by atoms with Gasteiger partial charge in [-0.2, -0.15) is 0 Å². The summed E-state index contributed by atoms with van der Waals surface area (Å²) in [6, 6.07) is 4.69. The Balaban J connectivity index is 1.58. The lowest BCUT2D eigenvalue weighted by Crippen LogP contribution is -2.27. The Kier molecular flexibility index (Phi) is 4.96. The van der Waals surface area contributed by atoms with Gasteiger partial charge < -0.3 is 4.98 Å². The molecule has 0 bridgehead atoms. The summed E-state index contributed by atoms with van der Waals surface area (Å²) >= 11 is 6.15. The SMILES string of the molecule is O=c1[nH]c(-c2cnccn2)nc2c1CCN(Cc1c(F)cccc1Cl)CC2. The molecule has 0 saturated heterocycles. The van der Waals surface area contributed by atoms with Crippen LogP contribution in [0.2, 0.25) is 5.02 Å². The highest BCUT2D eigenvalue weighted by molar-refractivity contribution is 6.31. The predicted molar refractivity (Wildman–Crippen MR) is 100.0 cm³/mol. The summed E-state index contributed by atoms with van der Waals surface area (Å²) in [5, 5.41) is 0.415. The molecule has 1 aliphatic heterocycles. The second-order valence-corrected chi connectivity index (χ2v) is 6.81. The van der Waals surface area contributed by atoms with Crippen LogP contribution in [0.1, 0.15) is 16.8 Å². The number of hydrogen-bond acceptors (Lipinski definition) is 5. The van der Waals surface area contributed by atoms with E-state index in [4.69, 9.17) is 11.6 Å². The fourth-order valence-electron chi connectivity index (χ4n) is 3.26. The third kappa shape index (κ3) is 3.74. The molecule has 0 atom stereocenters. The summed E-state index contributed by atoms with van der Waals surface area (Å²) in [6.45, 7) is 1.69. The normalized spacial score (nSPS) is 14.6. The molecular weight excluding hydrogens is 369 g/mol. The number of nitrogens with one attached hydrogen (secondary N) is 1. The van der Waals surface area contributed by atoms with Gasteiger partial charge in [0.15, 0.2) is 5.82 Å². The van der Waals surface area contributed by atoms with Crippen molar-refractivity contribution < 1.29 is 4.39 Å². The highest BCUT2D eigenvalue weighted by atomic mass is 35.5. The fraction of sp³-hybridized carbons (Fsp3) is 0.263. The lowest BCUT2D eigenvalue weighted by atomic mass is 10.1. The molecule has 0 saturated carbocycles. The first-order valence-corrected chi connectivity index (χ1v) is 9.03. The maximum atomic E-state index is 14.1. The summed E-state index contributed by atoms with van der Waals surface area (Å²) in [7, 11) is 0. The molecule has 0 radical (unpaired) electrons. The molecule has 1 aliphatic rings. The molecule has 3 aromatic rings. The first-order valence-electron chi connectivity index (χ1n) is 8.65. The standard InChI is InChI=1S/C19H17ClFN5O/c20-14-2-1-3-15(21)13(14)11-26-8-4-12-16(5-9-26)24-18(25-19(12)27)17-10-22-6-7-23-17/h1-3,6-7,10H,4-5,8-9,11H2,(H,24,25,27). The first kappa shape index (κ1) is 17.8. The lowest BCUT2D eigenvalue weighted by Gasteiger charge is -2.20. The molecule has 0 aliphatic carbocycles. The smallest absolute Gasteiger partial charge is 0.254 e. The van der Waals surface area contributed by atoms with Crippen molar-refractivity contribution in [2.45, 2.75) is 19.4 Å². The predicted octanol–water partition coefficient (Wildman–Crippen LogP) is 2.62. The van der Waals surface area contributed by atoms with Crippen LogP contribution in [0, 0.1) is 5.82 Å². The first-order chi connectivity index (χ1) is 13.1. The number of benzene rings is 1. The van der Waals surface area contributed by atoms with Crippen molar-refractivity contribution in [3.63, 3.8) is 0 Å². The molecule has 1 N–H and O–H groups in total. The second-order valence-electron chi connectivity index (χ2n) is 6.41. The molecule has 0 unspecified atom stereocenters. The van der Waals surface area contributed by atoms with Crippen molar-refractivity contribution in [2.75, 3.05) is 13.1 Å². The van der Waals surface area contributed by atoms with Crippen LogP contribution in [0.4, 0.5) is 4.39 Å². The molecular formula is C19H17ClFN5O. The van der Waals surface area contributed by atoms with Gasteiger partial charge in [-0.25, -0.2) is 14.4 Å². The van der Waals surface area contributed by atoms with Crippen LogP contribution in [-0.4, -0.2) is 37.9 Å². The van der Waals surface area contributed by atoms with Crippen LogP contribution >= 0.6 is 11.6 Å². The summed E-state index contributed by atoms with van der Waals surface area (Å²) < 4.78 is 14.1. The Morgan fingerprint density at radius 1 is 1.22 bits per heavy atom. The van der Waals surface area contributed by atoms with Crippen LogP contribution in [-0.2, 0) is 19.4 Å². The van der Waals surface area contributed by atoms with E-state index < -0.39 is 0 Å². The van der Waals surface area contributed by atoms with Gasteiger partial charge in [-0.1, -0.05) is 17.7 Å². The minimum absolute atomic E-state index is 0.161. The fourth-order valence-corrected chi connectivity index (χ4v) is 3.49. The Labute approximate surface area is 160 Å². The number of fused-ring (bicyclic) bond motifs is 1. The van der Waals surface area contributed by atoms with Crippen molar-refractivity contribution in [3.8, 4) is 11.5 Å². The summed E-state index contributed by atoms with van der Waals surface area (Å²) in [5.41, 5.74) is 2.27. The van der Waals surface area contributed by atoms with Crippen molar-refractivity contribution in [2.24, 2.45) is 0 Å². The zero-order chi connectivity index (χ0) is 18.8. The molecule has 4 rings (SSSR count). The summed E-state index contributed by atoms with van der Waals surface area (Å²) in [5.74, 6) is 0.0996. The molecule has 2 aromatic heterocycles. The largest absolute Gasteiger partial charge is 0.305 e. The van der Waals surface area contributed by atoms with Crippen LogP contribution < -0.4 is 5.56 Å². The Morgan fingerprint density at radius 2 is 2.07 bits per heavy atom. The highest BCUT2D eigenvalue weighted by Crippen LogP contribution is 2.22. The molecule has 0 amide bonds. The molecule has 1 aromatic carbocycles. The van der Waals surface area contributed by atoms with E-state index in [1.807, 2.05) is 0 Å². The number of hydrogen-bond donors (Lipinski definition) is 1. The molecule has 8 heteroatoms. The number of nitrogens with zero attached hydrogens (tertiary/aromatic N) is 4. The van der Waals surface area contributed by atoms with E-state index in [1.165, 1.54) is 6.07 Å².